The van der Waals surface area contributed by atoms with Gasteiger partial charge in [-0.3, -0.25) is 0 Å². The Morgan fingerprint density at radius 3 is 2.47 bits per heavy atom. The topological polar surface area (TPSA) is 35.2 Å². The SMILES string of the molecule is CC1CC(C)CC(Oc2cccc(F)c2N)C1. The summed E-state index contributed by atoms with van der Waals surface area (Å²) >= 11 is 0. The van der Waals surface area contributed by atoms with Crippen LogP contribution in [0.2, 0.25) is 0 Å². The number of para-hydroxylation sites is 1. The predicted molar refractivity (Wildman–Crippen MR) is 67.4 cm³/mol. The summed E-state index contributed by atoms with van der Waals surface area (Å²) in [7, 11) is 0. The van der Waals surface area contributed by atoms with Gasteiger partial charge < -0.3 is 10.5 Å². The van der Waals surface area contributed by atoms with Crippen LogP contribution >= 0.6 is 0 Å². The highest BCUT2D eigenvalue weighted by atomic mass is 19.1. The van der Waals surface area contributed by atoms with Crippen molar-refractivity contribution in [3.63, 3.8) is 0 Å². The van der Waals surface area contributed by atoms with E-state index in [4.69, 9.17) is 10.5 Å². The molecule has 0 bridgehead atoms. The highest BCUT2D eigenvalue weighted by Crippen LogP contribution is 2.33. The van der Waals surface area contributed by atoms with Gasteiger partial charge in [0.05, 0.1) is 6.10 Å². The summed E-state index contributed by atoms with van der Waals surface area (Å²) in [6.45, 7) is 4.47. The summed E-state index contributed by atoms with van der Waals surface area (Å²) in [6, 6.07) is 4.73. The average Bonchev–Trinajstić information content (AvgIpc) is 2.23. The Morgan fingerprint density at radius 1 is 1.18 bits per heavy atom. The molecule has 94 valence electrons. The van der Waals surface area contributed by atoms with Crippen molar-refractivity contribution in [1.82, 2.24) is 0 Å². The third-order valence-electron chi connectivity index (χ3n) is 3.44. The van der Waals surface area contributed by atoms with Crippen molar-refractivity contribution in [2.75, 3.05) is 5.73 Å². The van der Waals surface area contributed by atoms with Crippen LogP contribution < -0.4 is 10.5 Å². The predicted octanol–water partition coefficient (Wildman–Crippen LogP) is 3.61. The fourth-order valence-electron chi connectivity index (χ4n) is 2.77. The fourth-order valence-corrected chi connectivity index (χ4v) is 2.77. The van der Waals surface area contributed by atoms with E-state index < -0.39 is 5.82 Å². The number of hydrogen-bond donors (Lipinski definition) is 1. The third-order valence-corrected chi connectivity index (χ3v) is 3.44. The fraction of sp³-hybridized carbons (Fsp3) is 0.571. The molecule has 0 spiro atoms. The van der Waals surface area contributed by atoms with Crippen LogP contribution in [-0.4, -0.2) is 6.10 Å². The van der Waals surface area contributed by atoms with E-state index >= 15 is 0 Å². The molecule has 0 saturated heterocycles. The number of benzene rings is 1. The number of anilines is 1. The molecule has 2 atom stereocenters. The van der Waals surface area contributed by atoms with Crippen LogP contribution in [0.4, 0.5) is 10.1 Å². The van der Waals surface area contributed by atoms with Gasteiger partial charge in [0.25, 0.3) is 0 Å². The van der Waals surface area contributed by atoms with E-state index in [9.17, 15) is 4.39 Å². The second-order valence-electron chi connectivity index (χ2n) is 5.31. The molecule has 0 radical (unpaired) electrons. The van der Waals surface area contributed by atoms with Gasteiger partial charge in [0.15, 0.2) is 0 Å². The van der Waals surface area contributed by atoms with Crippen LogP contribution in [0.3, 0.4) is 0 Å². The summed E-state index contributed by atoms with van der Waals surface area (Å²) in [5, 5.41) is 0. The molecule has 2 N–H and O–H groups in total. The zero-order valence-corrected chi connectivity index (χ0v) is 10.4. The normalized spacial score (nSPS) is 29.0. The molecule has 1 aliphatic carbocycles. The van der Waals surface area contributed by atoms with Crippen molar-refractivity contribution in [3.05, 3.63) is 24.0 Å². The van der Waals surface area contributed by atoms with Crippen molar-refractivity contribution in [3.8, 4) is 5.75 Å². The molecule has 1 aromatic rings. The van der Waals surface area contributed by atoms with E-state index in [1.54, 1.807) is 12.1 Å². The Kier molecular flexibility index (Phi) is 3.55. The van der Waals surface area contributed by atoms with Crippen LogP contribution in [0.1, 0.15) is 33.1 Å². The van der Waals surface area contributed by atoms with Gasteiger partial charge in [-0.15, -0.1) is 0 Å². The molecule has 0 amide bonds. The minimum absolute atomic E-state index is 0.123. The van der Waals surface area contributed by atoms with Crippen molar-refractivity contribution in [2.45, 2.75) is 39.2 Å². The maximum atomic E-state index is 13.3. The first-order valence-electron chi connectivity index (χ1n) is 6.27. The monoisotopic (exact) mass is 237 g/mol. The molecule has 1 aliphatic rings. The van der Waals surface area contributed by atoms with Crippen molar-refractivity contribution in [2.24, 2.45) is 11.8 Å². The van der Waals surface area contributed by atoms with Gasteiger partial charge in [-0.25, -0.2) is 4.39 Å². The second kappa shape index (κ2) is 4.94. The van der Waals surface area contributed by atoms with E-state index in [0.29, 0.717) is 17.6 Å². The van der Waals surface area contributed by atoms with Crippen molar-refractivity contribution < 1.29 is 9.13 Å². The highest BCUT2D eigenvalue weighted by molar-refractivity contribution is 5.53. The lowest BCUT2D eigenvalue weighted by Crippen LogP contribution is -2.28. The molecule has 0 aromatic heterocycles. The van der Waals surface area contributed by atoms with E-state index in [1.807, 2.05) is 0 Å². The third kappa shape index (κ3) is 2.90. The molecule has 0 aliphatic heterocycles. The van der Waals surface area contributed by atoms with Crippen LogP contribution in [0.5, 0.6) is 5.75 Å². The highest BCUT2D eigenvalue weighted by Gasteiger charge is 2.25. The molecule has 0 heterocycles. The number of nitrogens with two attached hydrogens (primary N) is 1. The minimum atomic E-state index is -0.403. The minimum Gasteiger partial charge on any atom is -0.488 e. The number of hydrogen-bond acceptors (Lipinski definition) is 2. The van der Waals surface area contributed by atoms with Crippen LogP contribution in [0.25, 0.3) is 0 Å². The average molecular weight is 237 g/mol. The van der Waals surface area contributed by atoms with Gasteiger partial charge in [-0.2, -0.15) is 0 Å². The first-order chi connectivity index (χ1) is 8.06. The van der Waals surface area contributed by atoms with Crippen LogP contribution in [-0.2, 0) is 0 Å². The molecule has 3 heteroatoms. The number of ether oxygens (including phenoxy) is 1. The van der Waals surface area contributed by atoms with Gasteiger partial charge >= 0.3 is 0 Å². The van der Waals surface area contributed by atoms with E-state index in [1.165, 1.54) is 12.5 Å². The molecular weight excluding hydrogens is 217 g/mol. The molecule has 1 saturated carbocycles. The number of halogens is 1. The summed E-state index contributed by atoms with van der Waals surface area (Å²) in [5.41, 5.74) is 5.79. The Balaban J connectivity index is 2.07. The first kappa shape index (κ1) is 12.2. The van der Waals surface area contributed by atoms with Crippen LogP contribution in [0.15, 0.2) is 18.2 Å². The summed E-state index contributed by atoms with van der Waals surface area (Å²) < 4.78 is 19.1. The van der Waals surface area contributed by atoms with Crippen LogP contribution in [0, 0.1) is 17.7 Å². The maximum Gasteiger partial charge on any atom is 0.149 e. The van der Waals surface area contributed by atoms with Gasteiger partial charge in [0, 0.05) is 0 Å². The van der Waals surface area contributed by atoms with Gasteiger partial charge in [0.1, 0.15) is 17.3 Å². The van der Waals surface area contributed by atoms with Gasteiger partial charge in [-0.05, 0) is 43.2 Å². The van der Waals surface area contributed by atoms with E-state index in [2.05, 4.69) is 13.8 Å². The van der Waals surface area contributed by atoms with E-state index in [0.717, 1.165) is 12.8 Å². The van der Waals surface area contributed by atoms with Crippen molar-refractivity contribution >= 4 is 5.69 Å². The largest absolute Gasteiger partial charge is 0.488 e. The molecular formula is C14H20FNO. The number of nitrogen functional groups attached to an aromatic ring is 1. The van der Waals surface area contributed by atoms with E-state index in [-0.39, 0.29) is 11.8 Å². The second-order valence-corrected chi connectivity index (χ2v) is 5.31. The summed E-state index contributed by atoms with van der Waals surface area (Å²) in [4.78, 5) is 0. The molecule has 17 heavy (non-hydrogen) atoms. The van der Waals surface area contributed by atoms with Gasteiger partial charge in [0.2, 0.25) is 0 Å². The zero-order chi connectivity index (χ0) is 12.4. The van der Waals surface area contributed by atoms with Gasteiger partial charge in [-0.1, -0.05) is 19.9 Å². The Hall–Kier alpha value is -1.25. The zero-order valence-electron chi connectivity index (χ0n) is 10.4. The quantitative estimate of drug-likeness (QED) is 0.797. The summed E-state index contributed by atoms with van der Waals surface area (Å²) in [6.07, 6.45) is 3.47. The first-order valence-corrected chi connectivity index (χ1v) is 6.27. The maximum absolute atomic E-state index is 13.3. The molecule has 2 nitrogen and oxygen atoms in total. The van der Waals surface area contributed by atoms with Crippen molar-refractivity contribution in [1.29, 1.82) is 0 Å². The summed E-state index contributed by atoms with van der Waals surface area (Å²) in [5.74, 6) is 1.41. The molecule has 1 aromatic carbocycles. The lowest BCUT2D eigenvalue weighted by atomic mass is 9.82. The Bertz CT molecular complexity index is 384. The standard InChI is InChI=1S/C14H20FNO/c1-9-6-10(2)8-11(7-9)17-13-5-3-4-12(15)14(13)16/h3-5,9-11H,6-8,16H2,1-2H3. The smallest absolute Gasteiger partial charge is 0.149 e. The Morgan fingerprint density at radius 2 is 1.82 bits per heavy atom. The molecule has 2 unspecified atom stereocenters. The molecule has 1 fully saturated rings. The Labute approximate surface area is 102 Å². The lowest BCUT2D eigenvalue weighted by Gasteiger charge is -2.32. The molecule has 2 rings (SSSR count). The number of rotatable bonds is 2. The lowest BCUT2D eigenvalue weighted by molar-refractivity contribution is 0.101.